The number of likely N-dealkylation sites (tertiary alicyclic amines) is 1. The summed E-state index contributed by atoms with van der Waals surface area (Å²) < 4.78 is 0. The van der Waals surface area contributed by atoms with Gasteiger partial charge in [-0.05, 0) is 0 Å². The Morgan fingerprint density at radius 1 is 1.64 bits per heavy atom. The Kier molecular flexibility index (Phi) is 4.07. The fraction of sp³-hybridized carbons (Fsp3) is 0.667. The number of rotatable bonds is 1. The molecule has 0 aromatic carbocycles. The summed E-state index contributed by atoms with van der Waals surface area (Å²) in [6, 6.07) is 0. The van der Waals surface area contributed by atoms with Gasteiger partial charge in [0.1, 0.15) is 0 Å². The van der Waals surface area contributed by atoms with Crippen molar-refractivity contribution in [1.82, 2.24) is 4.90 Å². The van der Waals surface area contributed by atoms with E-state index in [0.29, 0.717) is 13.0 Å². The number of halogens is 1. The van der Waals surface area contributed by atoms with Crippen molar-refractivity contribution in [1.29, 1.82) is 0 Å². The minimum Gasteiger partial charge on any atom is -0.334 e. The van der Waals surface area contributed by atoms with Gasteiger partial charge < -0.3 is 10.6 Å². The minimum absolute atomic E-state index is 0. The van der Waals surface area contributed by atoms with Crippen LogP contribution in [0, 0.1) is 0 Å². The summed E-state index contributed by atoms with van der Waals surface area (Å²) >= 11 is 0. The zero-order valence-corrected chi connectivity index (χ0v) is 6.89. The predicted octanol–water partition coefficient (Wildman–Crippen LogP) is -0.832. The van der Waals surface area contributed by atoms with Crippen LogP contribution in [-0.4, -0.2) is 36.2 Å². The van der Waals surface area contributed by atoms with Crippen LogP contribution in [0.25, 0.3) is 0 Å². The van der Waals surface area contributed by atoms with Crippen molar-refractivity contribution in [3.8, 4) is 0 Å². The number of nitrogens with two attached hydrogens (primary N) is 1. The summed E-state index contributed by atoms with van der Waals surface area (Å²) in [5, 5.41) is 0. The third kappa shape index (κ3) is 2.48. The van der Waals surface area contributed by atoms with Crippen molar-refractivity contribution >= 4 is 24.1 Å². The first-order chi connectivity index (χ1) is 4.74. The van der Waals surface area contributed by atoms with E-state index in [1.807, 2.05) is 0 Å². The van der Waals surface area contributed by atoms with Crippen molar-refractivity contribution in [3.05, 3.63) is 0 Å². The molecule has 1 aliphatic rings. The van der Waals surface area contributed by atoms with Gasteiger partial charge in [0, 0.05) is 13.0 Å². The number of Topliss-reactive ketones (excluding diaryl/α,β-unsaturated/α-hetero) is 1. The molecular weight excluding hydrogens is 168 g/mol. The van der Waals surface area contributed by atoms with Gasteiger partial charge in [0.25, 0.3) is 0 Å². The average Bonchev–Trinajstić information content (AvgIpc) is 2.34. The molecule has 1 amide bonds. The van der Waals surface area contributed by atoms with Crippen LogP contribution in [-0.2, 0) is 9.59 Å². The smallest absolute Gasteiger partial charge is 0.236 e. The maximum Gasteiger partial charge on any atom is 0.236 e. The number of carbonyl (C=O) groups is 2. The Labute approximate surface area is 71.1 Å². The minimum atomic E-state index is -0.133. The molecular formula is C6H11ClN2O2. The monoisotopic (exact) mass is 178 g/mol. The Morgan fingerprint density at radius 2 is 2.27 bits per heavy atom. The molecule has 1 fully saturated rings. The predicted molar refractivity (Wildman–Crippen MR) is 42.5 cm³/mol. The highest BCUT2D eigenvalue weighted by molar-refractivity contribution is 5.89. The summed E-state index contributed by atoms with van der Waals surface area (Å²) in [5.41, 5.74) is 5.09. The van der Waals surface area contributed by atoms with Gasteiger partial charge in [-0.1, -0.05) is 0 Å². The highest BCUT2D eigenvalue weighted by Gasteiger charge is 2.22. The Hall–Kier alpha value is -0.610. The molecule has 4 nitrogen and oxygen atoms in total. The zero-order valence-electron chi connectivity index (χ0n) is 6.08. The quantitative estimate of drug-likeness (QED) is 0.570. The lowest BCUT2D eigenvalue weighted by Gasteiger charge is -2.11. The molecule has 0 aliphatic carbocycles. The van der Waals surface area contributed by atoms with Crippen LogP contribution in [0.5, 0.6) is 0 Å². The van der Waals surface area contributed by atoms with Crippen LogP contribution in [0.3, 0.4) is 0 Å². The van der Waals surface area contributed by atoms with Gasteiger partial charge in [-0.3, -0.25) is 9.59 Å². The number of nitrogens with zero attached hydrogens (tertiary/aromatic N) is 1. The molecule has 0 unspecified atom stereocenters. The second-order valence-electron chi connectivity index (χ2n) is 2.31. The number of amides is 1. The van der Waals surface area contributed by atoms with Crippen LogP contribution in [0.15, 0.2) is 0 Å². The van der Waals surface area contributed by atoms with Crippen LogP contribution in [0.4, 0.5) is 0 Å². The Balaban J connectivity index is 0.000001000. The first-order valence-electron chi connectivity index (χ1n) is 3.23. The fourth-order valence-corrected chi connectivity index (χ4v) is 0.973. The second kappa shape index (κ2) is 4.31. The normalized spacial score (nSPS) is 16.5. The molecule has 11 heavy (non-hydrogen) atoms. The Bertz CT molecular complexity index is 172. The first-order valence-corrected chi connectivity index (χ1v) is 3.23. The van der Waals surface area contributed by atoms with Gasteiger partial charge in [0.2, 0.25) is 5.91 Å². The molecule has 0 aromatic rings. The van der Waals surface area contributed by atoms with Gasteiger partial charge in [-0.2, -0.15) is 0 Å². The number of hydrogen-bond donors (Lipinski definition) is 1. The third-order valence-electron chi connectivity index (χ3n) is 1.56. The van der Waals surface area contributed by atoms with Crippen LogP contribution in [0.1, 0.15) is 6.42 Å². The van der Waals surface area contributed by atoms with E-state index in [1.54, 1.807) is 0 Å². The van der Waals surface area contributed by atoms with Crippen LogP contribution >= 0.6 is 12.4 Å². The van der Waals surface area contributed by atoms with Gasteiger partial charge in [0.15, 0.2) is 5.78 Å². The van der Waals surface area contributed by atoms with Crippen molar-refractivity contribution < 1.29 is 9.59 Å². The SMILES string of the molecule is Cl.NCC(=O)N1CCC(=O)C1. The first kappa shape index (κ1) is 10.4. The van der Waals surface area contributed by atoms with E-state index in [2.05, 4.69) is 0 Å². The summed E-state index contributed by atoms with van der Waals surface area (Å²) in [5.74, 6) is -0.00681. The van der Waals surface area contributed by atoms with Crippen molar-refractivity contribution in [2.45, 2.75) is 6.42 Å². The maximum absolute atomic E-state index is 10.8. The molecule has 0 radical (unpaired) electrons. The number of hydrogen-bond acceptors (Lipinski definition) is 3. The van der Waals surface area contributed by atoms with E-state index in [0.717, 1.165) is 0 Å². The van der Waals surface area contributed by atoms with E-state index in [9.17, 15) is 9.59 Å². The lowest BCUT2D eigenvalue weighted by Crippen LogP contribution is -2.34. The average molecular weight is 179 g/mol. The molecule has 0 spiro atoms. The molecule has 0 saturated carbocycles. The zero-order chi connectivity index (χ0) is 7.56. The summed E-state index contributed by atoms with van der Waals surface area (Å²) in [7, 11) is 0. The molecule has 0 atom stereocenters. The molecule has 5 heteroatoms. The number of ketones is 1. The summed E-state index contributed by atoms with van der Waals surface area (Å²) in [6.45, 7) is 0.818. The standard InChI is InChI=1S/C6H10N2O2.ClH/c7-3-6(10)8-2-1-5(9)4-8;/h1-4,7H2;1H. The molecule has 64 valence electrons. The van der Waals surface area contributed by atoms with Crippen molar-refractivity contribution in [3.63, 3.8) is 0 Å². The molecule has 0 aromatic heterocycles. The number of carbonyl (C=O) groups excluding carboxylic acids is 2. The van der Waals surface area contributed by atoms with E-state index in [1.165, 1.54) is 4.90 Å². The van der Waals surface area contributed by atoms with Gasteiger partial charge in [-0.25, -0.2) is 0 Å². The molecule has 1 rings (SSSR count). The molecule has 2 N–H and O–H groups in total. The van der Waals surface area contributed by atoms with Crippen LogP contribution in [0.2, 0.25) is 0 Å². The van der Waals surface area contributed by atoms with E-state index in [-0.39, 0.29) is 37.2 Å². The van der Waals surface area contributed by atoms with Crippen molar-refractivity contribution in [2.75, 3.05) is 19.6 Å². The lowest BCUT2D eigenvalue weighted by atomic mass is 10.4. The van der Waals surface area contributed by atoms with Gasteiger partial charge in [0.05, 0.1) is 13.1 Å². The maximum atomic E-state index is 10.8. The molecule has 0 bridgehead atoms. The van der Waals surface area contributed by atoms with Crippen molar-refractivity contribution in [2.24, 2.45) is 5.73 Å². The highest BCUT2D eigenvalue weighted by Crippen LogP contribution is 2.02. The summed E-state index contributed by atoms with van der Waals surface area (Å²) in [6.07, 6.45) is 0.492. The summed E-state index contributed by atoms with van der Waals surface area (Å²) in [4.78, 5) is 22.9. The van der Waals surface area contributed by atoms with Crippen LogP contribution < -0.4 is 5.73 Å². The van der Waals surface area contributed by atoms with E-state index in [4.69, 9.17) is 5.73 Å². The van der Waals surface area contributed by atoms with E-state index >= 15 is 0 Å². The molecule has 1 saturated heterocycles. The molecule has 1 heterocycles. The largest absolute Gasteiger partial charge is 0.334 e. The topological polar surface area (TPSA) is 63.4 Å². The fourth-order valence-electron chi connectivity index (χ4n) is 0.973. The lowest BCUT2D eigenvalue weighted by molar-refractivity contribution is -0.130. The highest BCUT2D eigenvalue weighted by atomic mass is 35.5. The molecule has 1 aliphatic heterocycles. The van der Waals surface area contributed by atoms with E-state index < -0.39 is 0 Å². The van der Waals surface area contributed by atoms with Gasteiger partial charge in [-0.15, -0.1) is 12.4 Å². The second-order valence-corrected chi connectivity index (χ2v) is 2.31. The third-order valence-corrected chi connectivity index (χ3v) is 1.56. The van der Waals surface area contributed by atoms with Gasteiger partial charge >= 0.3 is 0 Å². The Morgan fingerprint density at radius 3 is 2.64 bits per heavy atom.